The molecule has 5 rings (SSSR count). The van der Waals surface area contributed by atoms with Crippen LogP contribution in [0, 0.1) is 5.41 Å². The monoisotopic (exact) mass is 395 g/mol. The van der Waals surface area contributed by atoms with Crippen LogP contribution in [0.3, 0.4) is 0 Å². The van der Waals surface area contributed by atoms with Crippen LogP contribution in [0.1, 0.15) is 33.0 Å². The van der Waals surface area contributed by atoms with Gasteiger partial charge >= 0.3 is 5.69 Å². The number of aromatic amines is 1. The highest BCUT2D eigenvalue weighted by Crippen LogP contribution is 2.35. The molecule has 2 bridgehead atoms. The van der Waals surface area contributed by atoms with Gasteiger partial charge in [0, 0.05) is 51.2 Å². The number of likely N-dealkylation sites (tertiary alicyclic amines) is 1. The summed E-state index contributed by atoms with van der Waals surface area (Å²) < 4.78 is 3.54. The zero-order valence-electron chi connectivity index (χ0n) is 17.6. The first-order valence-corrected chi connectivity index (χ1v) is 10.4. The van der Waals surface area contributed by atoms with E-state index in [1.165, 1.54) is 0 Å². The van der Waals surface area contributed by atoms with Crippen LogP contribution in [0.5, 0.6) is 0 Å². The maximum Gasteiger partial charge on any atom is 0.330 e. The van der Waals surface area contributed by atoms with Crippen molar-refractivity contribution in [3.8, 4) is 0 Å². The Balaban J connectivity index is 1.40. The fourth-order valence-corrected chi connectivity index (χ4v) is 4.85. The van der Waals surface area contributed by atoms with Crippen LogP contribution in [0.25, 0.3) is 11.2 Å². The number of nitrogens with zero attached hydrogens (tertiary/aromatic N) is 6. The number of aromatic nitrogens is 5. The smallest absolute Gasteiger partial charge is 0.330 e. The number of hydrogen-bond acceptors (Lipinski definition) is 5. The third-order valence-electron chi connectivity index (χ3n) is 6.15. The van der Waals surface area contributed by atoms with Gasteiger partial charge in [0.1, 0.15) is 11.6 Å². The zero-order chi connectivity index (χ0) is 20.3. The number of imidazole rings is 2. The molecule has 0 amide bonds. The predicted octanol–water partition coefficient (Wildman–Crippen LogP) is 1.97. The van der Waals surface area contributed by atoms with Crippen molar-refractivity contribution in [1.82, 2.24) is 29.0 Å². The predicted molar refractivity (Wildman–Crippen MR) is 113 cm³/mol. The molecule has 8 heteroatoms. The highest BCUT2D eigenvalue weighted by Gasteiger charge is 2.43. The van der Waals surface area contributed by atoms with Crippen molar-refractivity contribution in [3.63, 3.8) is 0 Å². The molecular weight excluding hydrogens is 366 g/mol. The second-order valence-electron chi connectivity index (χ2n) is 9.66. The van der Waals surface area contributed by atoms with E-state index in [0.29, 0.717) is 18.6 Å². The van der Waals surface area contributed by atoms with Crippen molar-refractivity contribution < 1.29 is 0 Å². The first kappa shape index (κ1) is 18.4. The topological polar surface area (TPSA) is 75.0 Å². The van der Waals surface area contributed by atoms with Gasteiger partial charge in [0.25, 0.3) is 0 Å². The summed E-state index contributed by atoms with van der Waals surface area (Å²) in [5.41, 5.74) is 1.72. The zero-order valence-corrected chi connectivity index (χ0v) is 17.6. The number of aryl methyl sites for hydroxylation is 1. The Labute approximate surface area is 170 Å². The van der Waals surface area contributed by atoms with E-state index >= 15 is 0 Å². The average molecular weight is 396 g/mol. The standard InChI is InChI=1S/C21H29N7O/c1-21(2,3)13-28-16-5-6-18(24-19(16)25(4)20(28)29)27-11-14-9-15(27)10-26(14)12-17-22-7-8-23-17/h5-8,14-15H,9-13H2,1-4H3,(H,22,23). The number of pyridine rings is 1. The number of rotatable bonds is 4. The number of fused-ring (bicyclic) bond motifs is 3. The molecule has 8 nitrogen and oxygen atoms in total. The van der Waals surface area contributed by atoms with Gasteiger partial charge in [-0.2, -0.15) is 0 Å². The number of H-pyrrole nitrogens is 1. The Morgan fingerprint density at radius 1 is 1.21 bits per heavy atom. The maximum atomic E-state index is 12.8. The molecule has 2 aliphatic heterocycles. The van der Waals surface area contributed by atoms with Crippen LogP contribution in [0.4, 0.5) is 5.82 Å². The van der Waals surface area contributed by atoms with Crippen molar-refractivity contribution >= 4 is 17.0 Å². The average Bonchev–Trinajstić information content (AvgIpc) is 3.44. The van der Waals surface area contributed by atoms with E-state index in [0.717, 1.165) is 48.9 Å². The molecular formula is C21H29N7O. The van der Waals surface area contributed by atoms with Gasteiger partial charge in [-0.3, -0.25) is 14.0 Å². The molecule has 0 saturated carbocycles. The summed E-state index contributed by atoms with van der Waals surface area (Å²) in [7, 11) is 1.82. The van der Waals surface area contributed by atoms with Crippen molar-refractivity contribution in [3.05, 3.63) is 40.8 Å². The van der Waals surface area contributed by atoms with E-state index in [1.54, 1.807) is 4.57 Å². The van der Waals surface area contributed by atoms with Gasteiger partial charge in [-0.05, 0) is 24.0 Å². The number of hydrogen-bond donors (Lipinski definition) is 1. The van der Waals surface area contributed by atoms with Crippen molar-refractivity contribution in [2.45, 2.75) is 52.4 Å². The maximum absolute atomic E-state index is 12.8. The first-order chi connectivity index (χ1) is 13.8. The lowest BCUT2D eigenvalue weighted by molar-refractivity contribution is 0.225. The van der Waals surface area contributed by atoms with Crippen LogP contribution in [0.15, 0.2) is 29.3 Å². The molecule has 2 atom stereocenters. The van der Waals surface area contributed by atoms with Gasteiger partial charge in [0.05, 0.1) is 12.1 Å². The minimum Gasteiger partial charge on any atom is -0.351 e. The van der Waals surface area contributed by atoms with E-state index in [2.05, 4.69) is 52.7 Å². The van der Waals surface area contributed by atoms with Gasteiger partial charge in [-0.25, -0.2) is 14.8 Å². The Morgan fingerprint density at radius 3 is 2.69 bits per heavy atom. The Bertz CT molecular complexity index is 1090. The fraction of sp³-hybridized carbons (Fsp3) is 0.571. The van der Waals surface area contributed by atoms with Crippen molar-refractivity contribution in [2.75, 3.05) is 18.0 Å². The van der Waals surface area contributed by atoms with Crippen LogP contribution in [-0.4, -0.2) is 54.2 Å². The Morgan fingerprint density at radius 2 is 2.03 bits per heavy atom. The molecule has 2 unspecified atom stereocenters. The molecule has 3 aromatic rings. The molecule has 0 radical (unpaired) electrons. The lowest BCUT2D eigenvalue weighted by atomic mass is 9.97. The summed E-state index contributed by atoms with van der Waals surface area (Å²) in [5.74, 6) is 2.00. The normalized spacial score (nSPS) is 22.3. The summed E-state index contributed by atoms with van der Waals surface area (Å²) in [6.07, 6.45) is 4.85. The first-order valence-electron chi connectivity index (χ1n) is 10.4. The highest BCUT2D eigenvalue weighted by molar-refractivity contribution is 5.74. The third-order valence-corrected chi connectivity index (χ3v) is 6.15. The van der Waals surface area contributed by atoms with Gasteiger partial charge < -0.3 is 9.88 Å². The van der Waals surface area contributed by atoms with Crippen LogP contribution >= 0.6 is 0 Å². The summed E-state index contributed by atoms with van der Waals surface area (Å²) in [4.78, 5) is 30.2. The van der Waals surface area contributed by atoms with Crippen LogP contribution in [-0.2, 0) is 20.1 Å². The molecule has 2 saturated heterocycles. The van der Waals surface area contributed by atoms with E-state index in [4.69, 9.17) is 4.98 Å². The van der Waals surface area contributed by atoms with Gasteiger partial charge in [-0.1, -0.05) is 20.8 Å². The SMILES string of the molecule is Cn1c(=O)n(CC(C)(C)C)c2ccc(N3CC4CC3CN4Cc3ncc[nH]3)nc21. The van der Waals surface area contributed by atoms with E-state index < -0.39 is 0 Å². The van der Waals surface area contributed by atoms with Crippen LogP contribution in [0.2, 0.25) is 0 Å². The number of anilines is 1. The van der Waals surface area contributed by atoms with Gasteiger partial charge in [0.15, 0.2) is 5.65 Å². The number of piperazine rings is 1. The highest BCUT2D eigenvalue weighted by atomic mass is 16.1. The summed E-state index contributed by atoms with van der Waals surface area (Å²) in [5, 5.41) is 0. The summed E-state index contributed by atoms with van der Waals surface area (Å²) in [6, 6.07) is 5.14. The Kier molecular flexibility index (Phi) is 4.10. The van der Waals surface area contributed by atoms with Crippen LogP contribution < -0.4 is 10.6 Å². The molecule has 1 N–H and O–H groups in total. The molecule has 0 spiro atoms. The molecule has 2 aliphatic rings. The number of nitrogens with one attached hydrogen (secondary N) is 1. The van der Waals surface area contributed by atoms with E-state index in [1.807, 2.05) is 24.0 Å². The molecule has 154 valence electrons. The van der Waals surface area contributed by atoms with Crippen molar-refractivity contribution in [1.29, 1.82) is 0 Å². The molecule has 0 aromatic carbocycles. The van der Waals surface area contributed by atoms with Crippen molar-refractivity contribution in [2.24, 2.45) is 12.5 Å². The molecule has 0 aliphatic carbocycles. The molecule has 29 heavy (non-hydrogen) atoms. The Hall–Kier alpha value is -2.61. The second-order valence-corrected chi connectivity index (χ2v) is 9.66. The summed E-state index contributed by atoms with van der Waals surface area (Å²) in [6.45, 7) is 10.00. The lowest BCUT2D eigenvalue weighted by Gasteiger charge is -2.34. The molecule has 5 heterocycles. The third kappa shape index (κ3) is 3.15. The lowest BCUT2D eigenvalue weighted by Crippen LogP contribution is -2.46. The van der Waals surface area contributed by atoms with Gasteiger partial charge in [0.2, 0.25) is 0 Å². The molecule has 2 fully saturated rings. The summed E-state index contributed by atoms with van der Waals surface area (Å²) >= 11 is 0. The molecule has 3 aromatic heterocycles. The van der Waals surface area contributed by atoms with E-state index in [-0.39, 0.29) is 11.1 Å². The second kappa shape index (κ2) is 6.45. The fourth-order valence-electron chi connectivity index (χ4n) is 4.85. The van der Waals surface area contributed by atoms with E-state index in [9.17, 15) is 4.79 Å². The van der Waals surface area contributed by atoms with Gasteiger partial charge in [-0.15, -0.1) is 0 Å². The minimum absolute atomic E-state index is 0.00661. The largest absolute Gasteiger partial charge is 0.351 e. The minimum atomic E-state index is 0.00661. The quantitative estimate of drug-likeness (QED) is 0.731.